The van der Waals surface area contributed by atoms with Crippen molar-refractivity contribution in [2.45, 2.75) is 0 Å². The van der Waals surface area contributed by atoms with Crippen molar-refractivity contribution in [1.29, 1.82) is 10.5 Å². The first kappa shape index (κ1) is 34.6. The van der Waals surface area contributed by atoms with Gasteiger partial charge in [-0.2, -0.15) is 10.5 Å². The maximum Gasteiger partial charge on any atom is 0.165 e. The zero-order valence-electron chi connectivity index (χ0n) is 32.0. The number of hydrogen-bond donors (Lipinski definition) is 0. The molecule has 0 atom stereocenters. The summed E-state index contributed by atoms with van der Waals surface area (Å²) in [5.41, 5.74) is 9.67. The molecule has 8 aromatic carbocycles. The molecule has 0 fully saturated rings. The van der Waals surface area contributed by atoms with Crippen LogP contribution in [0.3, 0.4) is 0 Å². The molecule has 11 aromatic rings. The molecule has 0 N–H and O–H groups in total. The van der Waals surface area contributed by atoms with E-state index in [1.54, 1.807) is 6.07 Å². The summed E-state index contributed by atoms with van der Waals surface area (Å²) in [4.78, 5) is 15.1. The molecular formula is C53H31N7. The van der Waals surface area contributed by atoms with Gasteiger partial charge >= 0.3 is 0 Å². The van der Waals surface area contributed by atoms with E-state index in [4.69, 9.17) is 15.0 Å². The molecule has 3 heterocycles. The summed E-state index contributed by atoms with van der Waals surface area (Å²) in [6, 6.07) is 68.0. The van der Waals surface area contributed by atoms with Crippen molar-refractivity contribution >= 4 is 43.6 Å². The molecule has 0 saturated heterocycles. The Balaban J connectivity index is 1.30. The van der Waals surface area contributed by atoms with Gasteiger partial charge in [-0.25, -0.2) is 15.0 Å². The molecule has 0 unspecified atom stereocenters. The molecule has 7 nitrogen and oxygen atoms in total. The van der Waals surface area contributed by atoms with Crippen molar-refractivity contribution in [2.75, 3.05) is 0 Å². The number of hydrogen-bond acceptors (Lipinski definition) is 5. The van der Waals surface area contributed by atoms with Crippen LogP contribution >= 0.6 is 0 Å². The number of fused-ring (bicyclic) bond motifs is 6. The van der Waals surface area contributed by atoms with E-state index in [1.807, 2.05) is 115 Å². The Morgan fingerprint density at radius 3 is 1.30 bits per heavy atom. The molecule has 60 heavy (non-hydrogen) atoms. The monoisotopic (exact) mass is 765 g/mol. The van der Waals surface area contributed by atoms with Crippen molar-refractivity contribution in [3.8, 4) is 68.8 Å². The molecule has 0 aliphatic heterocycles. The Labute approximate surface area is 345 Å². The van der Waals surface area contributed by atoms with Crippen molar-refractivity contribution in [1.82, 2.24) is 24.1 Å². The van der Waals surface area contributed by atoms with E-state index in [0.29, 0.717) is 45.5 Å². The molecule has 0 aliphatic carbocycles. The average Bonchev–Trinajstić information content (AvgIpc) is 3.83. The number of para-hydroxylation sites is 3. The fourth-order valence-electron chi connectivity index (χ4n) is 8.59. The Kier molecular flexibility index (Phi) is 8.11. The molecule has 3 aromatic heterocycles. The van der Waals surface area contributed by atoms with Gasteiger partial charge in [-0.1, -0.05) is 152 Å². The highest BCUT2D eigenvalue weighted by molar-refractivity contribution is 6.13. The zero-order chi connectivity index (χ0) is 40.2. The summed E-state index contributed by atoms with van der Waals surface area (Å²) < 4.78 is 4.29. The fourth-order valence-corrected chi connectivity index (χ4v) is 8.59. The first-order valence-corrected chi connectivity index (χ1v) is 19.7. The molecule has 0 aliphatic rings. The minimum Gasteiger partial charge on any atom is -0.306 e. The molecule has 11 rings (SSSR count). The van der Waals surface area contributed by atoms with Gasteiger partial charge in [-0.15, -0.1) is 0 Å². The van der Waals surface area contributed by atoms with Gasteiger partial charge in [-0.05, 0) is 47.5 Å². The van der Waals surface area contributed by atoms with E-state index < -0.39 is 0 Å². The average molecular weight is 766 g/mol. The lowest BCUT2D eigenvalue weighted by Gasteiger charge is -2.21. The minimum absolute atomic E-state index is 0.291. The summed E-state index contributed by atoms with van der Waals surface area (Å²) in [7, 11) is 0. The molecule has 0 saturated carbocycles. The van der Waals surface area contributed by atoms with Crippen LogP contribution in [-0.2, 0) is 0 Å². The van der Waals surface area contributed by atoms with Crippen LogP contribution in [-0.4, -0.2) is 24.1 Å². The van der Waals surface area contributed by atoms with E-state index in [2.05, 4.69) is 88.0 Å². The first-order chi connectivity index (χ1) is 29.7. The Hall–Kier alpha value is -8.65. The third-order valence-corrected chi connectivity index (χ3v) is 11.3. The van der Waals surface area contributed by atoms with Crippen LogP contribution in [0.15, 0.2) is 188 Å². The van der Waals surface area contributed by atoms with Gasteiger partial charge in [0.25, 0.3) is 0 Å². The number of nitriles is 2. The van der Waals surface area contributed by atoms with Gasteiger partial charge in [-0.3, -0.25) is 0 Å². The largest absolute Gasteiger partial charge is 0.306 e. The Morgan fingerprint density at radius 1 is 0.350 bits per heavy atom. The van der Waals surface area contributed by atoms with E-state index in [-0.39, 0.29) is 0 Å². The van der Waals surface area contributed by atoms with E-state index in [9.17, 15) is 10.5 Å². The number of aromatic nitrogens is 5. The maximum absolute atomic E-state index is 11.6. The summed E-state index contributed by atoms with van der Waals surface area (Å²) in [6.07, 6.45) is 0. The van der Waals surface area contributed by atoms with Gasteiger partial charge in [0.2, 0.25) is 0 Å². The number of nitrogens with zero attached hydrogens (tertiary/aromatic N) is 7. The van der Waals surface area contributed by atoms with Gasteiger partial charge < -0.3 is 9.13 Å². The van der Waals surface area contributed by atoms with Crippen molar-refractivity contribution < 1.29 is 0 Å². The van der Waals surface area contributed by atoms with Gasteiger partial charge in [0.05, 0.1) is 44.6 Å². The van der Waals surface area contributed by atoms with Crippen molar-refractivity contribution in [2.24, 2.45) is 0 Å². The molecular weight excluding hydrogens is 735 g/mol. The molecule has 0 bridgehead atoms. The second-order valence-corrected chi connectivity index (χ2v) is 14.6. The van der Waals surface area contributed by atoms with E-state index >= 15 is 0 Å². The highest BCUT2D eigenvalue weighted by Gasteiger charge is 2.29. The van der Waals surface area contributed by atoms with Gasteiger partial charge in [0.15, 0.2) is 17.5 Å². The summed E-state index contributed by atoms with van der Waals surface area (Å²) in [5, 5.41) is 27.1. The smallest absolute Gasteiger partial charge is 0.165 e. The SMILES string of the molecule is N#Cc1cc(-c2nc(-c3ccccc3)nc(-c3ccccc3)n2)c(C#N)c(-n2c3ccccc3c3ccccc32)c1-n1c2ccccc2c2cc(-c3ccccc3)ccc21. The van der Waals surface area contributed by atoms with Crippen LogP contribution in [0.2, 0.25) is 0 Å². The second-order valence-electron chi connectivity index (χ2n) is 14.6. The lowest BCUT2D eigenvalue weighted by Crippen LogP contribution is -2.11. The highest BCUT2D eigenvalue weighted by Crippen LogP contribution is 2.44. The molecule has 278 valence electrons. The topological polar surface area (TPSA) is 96.1 Å². The highest BCUT2D eigenvalue weighted by atomic mass is 15.1. The van der Waals surface area contributed by atoms with E-state index in [1.165, 1.54) is 0 Å². The molecule has 0 radical (unpaired) electrons. The van der Waals surface area contributed by atoms with Gasteiger partial charge in [0.1, 0.15) is 12.1 Å². The van der Waals surface area contributed by atoms with Crippen molar-refractivity contribution in [3.05, 3.63) is 199 Å². The summed E-state index contributed by atoms with van der Waals surface area (Å²) in [5.74, 6) is 1.21. The third-order valence-electron chi connectivity index (χ3n) is 11.3. The number of benzene rings is 8. The van der Waals surface area contributed by atoms with Crippen LogP contribution in [0.25, 0.3) is 100 Å². The van der Waals surface area contributed by atoms with Gasteiger partial charge in [0, 0.05) is 38.2 Å². The van der Waals surface area contributed by atoms with Crippen LogP contribution in [0, 0.1) is 22.7 Å². The van der Waals surface area contributed by atoms with Crippen LogP contribution in [0.5, 0.6) is 0 Å². The lowest BCUT2D eigenvalue weighted by atomic mass is 9.98. The van der Waals surface area contributed by atoms with Crippen LogP contribution < -0.4 is 0 Å². The summed E-state index contributed by atoms with van der Waals surface area (Å²) in [6.45, 7) is 0. The Morgan fingerprint density at radius 2 is 0.783 bits per heavy atom. The van der Waals surface area contributed by atoms with E-state index in [0.717, 1.165) is 65.9 Å². The molecule has 0 amide bonds. The number of rotatable bonds is 6. The molecule has 7 heteroatoms. The quantitative estimate of drug-likeness (QED) is 0.168. The maximum atomic E-state index is 11.6. The lowest BCUT2D eigenvalue weighted by molar-refractivity contribution is 1.06. The van der Waals surface area contributed by atoms with Crippen LogP contribution in [0.1, 0.15) is 11.1 Å². The van der Waals surface area contributed by atoms with Crippen LogP contribution in [0.4, 0.5) is 0 Å². The zero-order valence-corrected chi connectivity index (χ0v) is 32.0. The second kappa shape index (κ2) is 14.1. The Bertz CT molecular complexity index is 3440. The molecule has 0 spiro atoms. The minimum atomic E-state index is 0.291. The normalized spacial score (nSPS) is 11.3. The standard InChI is InChI=1S/C53H31N7/c54-32-38-31-43(53-57-51(35-18-6-2-7-19-35)56-52(58-53)36-20-8-3-9-21-36)44(33-55)50(60-45-25-13-10-22-39(45)40-23-11-14-26-46(40)60)49(38)59-47-27-15-12-24-41(47)42-30-37(28-29-48(42)59)34-16-4-1-5-17-34/h1-31H. The predicted molar refractivity (Wildman–Crippen MR) is 240 cm³/mol. The fraction of sp³-hybridized carbons (Fsp3) is 0. The predicted octanol–water partition coefficient (Wildman–Crippen LogP) is 12.5. The summed E-state index contributed by atoms with van der Waals surface area (Å²) >= 11 is 0. The first-order valence-electron chi connectivity index (χ1n) is 19.7. The third kappa shape index (κ3) is 5.46. The van der Waals surface area contributed by atoms with Crippen molar-refractivity contribution in [3.63, 3.8) is 0 Å².